The molecule has 1 aromatic rings. The van der Waals surface area contributed by atoms with E-state index in [2.05, 4.69) is 4.18 Å². The minimum absolute atomic E-state index is 0.663. The summed E-state index contributed by atoms with van der Waals surface area (Å²) in [4.78, 5) is 25.1. The van der Waals surface area contributed by atoms with E-state index in [0.29, 0.717) is 0 Å². The molecule has 1 aliphatic rings. The van der Waals surface area contributed by atoms with Crippen LogP contribution in [-0.2, 0) is 33.3 Å². The SMILES string of the molecule is C[C@]1(O)[C@H](OS(C)(=O)=O)C(COS(C)(=O)=O)O[C@H]1n1ccc(=O)[nH]c1=O. The molecule has 1 aromatic heterocycles. The van der Waals surface area contributed by atoms with Gasteiger partial charge in [0.1, 0.15) is 17.8 Å². The molecule has 4 atom stereocenters. The normalized spacial score (nSPS) is 29.8. The van der Waals surface area contributed by atoms with Crippen LogP contribution >= 0.6 is 0 Å². The van der Waals surface area contributed by atoms with E-state index < -0.39 is 62.1 Å². The van der Waals surface area contributed by atoms with Crippen LogP contribution in [0.3, 0.4) is 0 Å². The predicted molar refractivity (Wildman–Crippen MR) is 86.4 cm³/mol. The van der Waals surface area contributed by atoms with Crippen molar-refractivity contribution in [1.29, 1.82) is 0 Å². The molecule has 148 valence electrons. The van der Waals surface area contributed by atoms with Gasteiger partial charge in [0.2, 0.25) is 0 Å². The molecule has 0 bridgehead atoms. The lowest BCUT2D eigenvalue weighted by atomic mass is 9.96. The summed E-state index contributed by atoms with van der Waals surface area (Å²) in [7, 11) is -7.97. The highest BCUT2D eigenvalue weighted by Gasteiger charge is 2.56. The number of hydrogen-bond acceptors (Lipinski definition) is 10. The van der Waals surface area contributed by atoms with Gasteiger partial charge in [-0.05, 0) is 6.92 Å². The van der Waals surface area contributed by atoms with Gasteiger partial charge in [-0.2, -0.15) is 16.8 Å². The van der Waals surface area contributed by atoms with E-state index in [-0.39, 0.29) is 0 Å². The highest BCUT2D eigenvalue weighted by atomic mass is 32.2. The first-order chi connectivity index (χ1) is 11.7. The number of rotatable bonds is 6. The molecule has 0 amide bonds. The first-order valence-corrected chi connectivity index (χ1v) is 10.8. The summed E-state index contributed by atoms with van der Waals surface area (Å²) < 4.78 is 61.1. The Bertz CT molecular complexity index is 991. The van der Waals surface area contributed by atoms with Crippen molar-refractivity contribution in [2.24, 2.45) is 0 Å². The Balaban J connectivity index is 2.45. The Morgan fingerprint density at radius 1 is 1.27 bits per heavy atom. The van der Waals surface area contributed by atoms with Crippen molar-refractivity contribution in [3.63, 3.8) is 0 Å². The van der Waals surface area contributed by atoms with Gasteiger partial charge in [0, 0.05) is 12.3 Å². The maximum absolute atomic E-state index is 12.0. The van der Waals surface area contributed by atoms with Crippen LogP contribution in [0.25, 0.3) is 0 Å². The molecule has 0 aliphatic carbocycles. The van der Waals surface area contributed by atoms with Crippen molar-refractivity contribution in [2.45, 2.75) is 31.0 Å². The van der Waals surface area contributed by atoms with Crippen LogP contribution in [0.5, 0.6) is 0 Å². The highest BCUT2D eigenvalue weighted by molar-refractivity contribution is 7.86. The molecule has 1 aliphatic heterocycles. The zero-order valence-electron chi connectivity index (χ0n) is 14.0. The molecule has 1 fully saturated rings. The van der Waals surface area contributed by atoms with Crippen LogP contribution in [0.4, 0.5) is 0 Å². The van der Waals surface area contributed by atoms with Gasteiger partial charge in [-0.1, -0.05) is 0 Å². The van der Waals surface area contributed by atoms with Gasteiger partial charge in [-0.3, -0.25) is 22.7 Å². The molecule has 2 rings (SSSR count). The second-order valence-corrected chi connectivity index (χ2v) is 9.22. The lowest BCUT2D eigenvalue weighted by Crippen LogP contribution is -2.49. The quantitative estimate of drug-likeness (QED) is 0.474. The Labute approximate surface area is 148 Å². The molecule has 12 nitrogen and oxygen atoms in total. The molecule has 0 aromatic carbocycles. The standard InChI is InChI=1S/C12H18N2O10S2/c1-12(17)9(24-26(3,20)21)7(6-22-25(2,18)19)23-10(12)14-5-4-8(15)13-11(14)16/h4-5,7,9-10,17H,6H2,1-3H3,(H,13,15,16)/t7?,9-,10-,12+/m1/s1. The number of ether oxygens (including phenoxy) is 1. The van der Waals surface area contributed by atoms with E-state index in [1.54, 1.807) is 0 Å². The minimum atomic E-state index is -4.08. The Morgan fingerprint density at radius 3 is 2.38 bits per heavy atom. The third-order valence-corrected chi connectivity index (χ3v) is 4.67. The summed E-state index contributed by atoms with van der Waals surface area (Å²) in [5.74, 6) is 0. The molecule has 14 heteroatoms. The van der Waals surface area contributed by atoms with Gasteiger partial charge >= 0.3 is 5.69 Å². The highest BCUT2D eigenvalue weighted by Crippen LogP contribution is 2.40. The predicted octanol–water partition coefficient (Wildman–Crippen LogP) is -2.49. The van der Waals surface area contributed by atoms with Crippen LogP contribution < -0.4 is 11.2 Å². The van der Waals surface area contributed by atoms with E-state index in [1.807, 2.05) is 4.98 Å². The fourth-order valence-electron chi connectivity index (χ4n) is 2.52. The van der Waals surface area contributed by atoms with Crippen LogP contribution in [-0.4, -0.2) is 68.4 Å². The number of nitrogens with zero attached hydrogens (tertiary/aromatic N) is 1. The maximum atomic E-state index is 12.0. The lowest BCUT2D eigenvalue weighted by Gasteiger charge is -2.29. The van der Waals surface area contributed by atoms with Crippen molar-refractivity contribution in [1.82, 2.24) is 9.55 Å². The van der Waals surface area contributed by atoms with Crippen molar-refractivity contribution in [3.8, 4) is 0 Å². The largest absolute Gasteiger partial charge is 0.383 e. The van der Waals surface area contributed by atoms with E-state index in [4.69, 9.17) is 8.92 Å². The van der Waals surface area contributed by atoms with Gasteiger partial charge in [-0.25, -0.2) is 4.79 Å². The maximum Gasteiger partial charge on any atom is 0.330 e. The number of aromatic nitrogens is 2. The van der Waals surface area contributed by atoms with Crippen LogP contribution in [0.1, 0.15) is 13.2 Å². The molecule has 0 spiro atoms. The smallest absolute Gasteiger partial charge is 0.330 e. The van der Waals surface area contributed by atoms with Crippen molar-refractivity contribution < 1.29 is 35.0 Å². The fourth-order valence-corrected chi connectivity index (χ4v) is 3.59. The monoisotopic (exact) mass is 414 g/mol. The zero-order chi connectivity index (χ0) is 19.9. The minimum Gasteiger partial charge on any atom is -0.383 e. The molecule has 0 radical (unpaired) electrons. The molecule has 26 heavy (non-hydrogen) atoms. The van der Waals surface area contributed by atoms with Crippen molar-refractivity contribution in [2.75, 3.05) is 19.1 Å². The number of aliphatic hydroxyl groups is 1. The molecule has 1 unspecified atom stereocenters. The summed E-state index contributed by atoms with van der Waals surface area (Å²) >= 11 is 0. The number of nitrogens with one attached hydrogen (secondary N) is 1. The van der Waals surface area contributed by atoms with Gasteiger partial charge in [0.05, 0.1) is 19.1 Å². The second kappa shape index (κ2) is 6.86. The first-order valence-electron chi connectivity index (χ1n) is 7.13. The van der Waals surface area contributed by atoms with Crippen LogP contribution in [0.2, 0.25) is 0 Å². The topological polar surface area (TPSA) is 171 Å². The summed E-state index contributed by atoms with van der Waals surface area (Å²) in [6.45, 7) is 0.481. The van der Waals surface area contributed by atoms with E-state index >= 15 is 0 Å². The lowest BCUT2D eigenvalue weighted by molar-refractivity contribution is -0.0952. The average molecular weight is 414 g/mol. The van der Waals surface area contributed by atoms with Gasteiger partial charge in [0.15, 0.2) is 6.23 Å². The fraction of sp³-hybridized carbons (Fsp3) is 0.667. The van der Waals surface area contributed by atoms with Crippen molar-refractivity contribution in [3.05, 3.63) is 33.1 Å². The van der Waals surface area contributed by atoms with Crippen LogP contribution in [0.15, 0.2) is 21.9 Å². The molecule has 1 saturated heterocycles. The van der Waals surface area contributed by atoms with E-state index in [9.17, 15) is 31.5 Å². The molecule has 0 saturated carbocycles. The molecular formula is C12H18N2O10S2. The van der Waals surface area contributed by atoms with Crippen LogP contribution in [0, 0.1) is 0 Å². The summed E-state index contributed by atoms with van der Waals surface area (Å²) in [5, 5.41) is 10.8. The first kappa shape index (κ1) is 20.7. The van der Waals surface area contributed by atoms with Gasteiger partial charge < -0.3 is 9.84 Å². The average Bonchev–Trinajstić information content (AvgIpc) is 2.67. The number of aromatic amines is 1. The molecule has 2 heterocycles. The summed E-state index contributed by atoms with van der Waals surface area (Å²) in [6, 6.07) is 0.994. The second-order valence-electron chi connectivity index (χ2n) is 5.98. The Kier molecular flexibility index (Phi) is 5.47. The third-order valence-electron chi connectivity index (χ3n) is 3.55. The third kappa shape index (κ3) is 4.77. The van der Waals surface area contributed by atoms with E-state index in [0.717, 1.165) is 36.3 Å². The summed E-state index contributed by atoms with van der Waals surface area (Å²) in [5.41, 5.74) is -3.70. The number of hydrogen-bond donors (Lipinski definition) is 2. The molecular weight excluding hydrogens is 396 g/mol. The Hall–Kier alpha value is -1.58. The van der Waals surface area contributed by atoms with E-state index in [1.165, 1.54) is 0 Å². The molecule has 2 N–H and O–H groups in total. The van der Waals surface area contributed by atoms with Crippen molar-refractivity contribution >= 4 is 20.2 Å². The summed E-state index contributed by atoms with van der Waals surface area (Å²) in [6.07, 6.45) is -1.86. The van der Waals surface area contributed by atoms with Gasteiger partial charge in [0.25, 0.3) is 25.8 Å². The number of H-pyrrole nitrogens is 1. The Morgan fingerprint density at radius 2 is 1.88 bits per heavy atom. The van der Waals surface area contributed by atoms with Gasteiger partial charge in [-0.15, -0.1) is 0 Å². The zero-order valence-corrected chi connectivity index (χ0v) is 15.6.